The van der Waals surface area contributed by atoms with Crippen molar-refractivity contribution in [3.8, 4) is 0 Å². The largest absolute Gasteiger partial charge is 0.406 e. The first-order valence-electron chi connectivity index (χ1n) is 7.90. The van der Waals surface area contributed by atoms with Crippen molar-refractivity contribution in [2.24, 2.45) is 0 Å². The SMILES string of the molecule is Nc1ccc(C(c2ccc(N)cc2)(c2ccc(N)cc2)C(F)(F)F)cc1. The van der Waals surface area contributed by atoms with Crippen LogP contribution in [0.2, 0.25) is 0 Å². The molecular weight excluding hydrogens is 339 g/mol. The molecule has 3 nitrogen and oxygen atoms in total. The van der Waals surface area contributed by atoms with Crippen molar-refractivity contribution in [2.45, 2.75) is 11.6 Å². The lowest BCUT2D eigenvalue weighted by atomic mass is 9.68. The van der Waals surface area contributed by atoms with Crippen LogP contribution in [0.1, 0.15) is 16.7 Å². The van der Waals surface area contributed by atoms with E-state index in [1.54, 1.807) is 0 Å². The average molecular weight is 357 g/mol. The first kappa shape index (κ1) is 17.7. The monoisotopic (exact) mass is 357 g/mol. The molecule has 0 aliphatic rings. The topological polar surface area (TPSA) is 78.1 Å². The van der Waals surface area contributed by atoms with Gasteiger partial charge in [-0.1, -0.05) is 36.4 Å². The summed E-state index contributed by atoms with van der Waals surface area (Å²) < 4.78 is 43.9. The average Bonchev–Trinajstić information content (AvgIpc) is 2.59. The molecular formula is C20H18F3N3. The summed E-state index contributed by atoms with van der Waals surface area (Å²) in [5, 5.41) is 0. The van der Waals surface area contributed by atoms with Crippen molar-refractivity contribution in [3.63, 3.8) is 0 Å². The van der Waals surface area contributed by atoms with Gasteiger partial charge in [0, 0.05) is 17.1 Å². The Bertz CT molecular complexity index is 773. The quantitative estimate of drug-likeness (QED) is 0.482. The van der Waals surface area contributed by atoms with Gasteiger partial charge in [-0.3, -0.25) is 0 Å². The molecule has 6 N–H and O–H groups in total. The summed E-state index contributed by atoms with van der Waals surface area (Å²) in [7, 11) is 0. The molecule has 0 saturated carbocycles. The van der Waals surface area contributed by atoms with Gasteiger partial charge in [0.2, 0.25) is 0 Å². The van der Waals surface area contributed by atoms with Gasteiger partial charge in [-0.2, -0.15) is 13.2 Å². The first-order chi connectivity index (χ1) is 12.2. The molecule has 3 aromatic rings. The van der Waals surface area contributed by atoms with Crippen LogP contribution in [0.3, 0.4) is 0 Å². The number of hydrogen-bond donors (Lipinski definition) is 3. The standard InChI is InChI=1S/C20H18F3N3/c21-20(22,23)19(13-1-7-16(24)8-2-13,14-3-9-17(25)10-4-14)15-5-11-18(26)12-6-15/h1-12H,24-26H2. The van der Waals surface area contributed by atoms with Crippen molar-refractivity contribution < 1.29 is 13.2 Å². The van der Waals surface area contributed by atoms with Crippen LogP contribution in [-0.2, 0) is 5.41 Å². The van der Waals surface area contributed by atoms with Gasteiger partial charge in [-0.15, -0.1) is 0 Å². The molecule has 0 amide bonds. The van der Waals surface area contributed by atoms with E-state index < -0.39 is 11.6 Å². The zero-order valence-electron chi connectivity index (χ0n) is 13.8. The molecule has 26 heavy (non-hydrogen) atoms. The van der Waals surface area contributed by atoms with Gasteiger partial charge in [-0.05, 0) is 53.1 Å². The molecule has 0 fully saturated rings. The lowest BCUT2D eigenvalue weighted by Crippen LogP contribution is -2.44. The molecule has 0 aromatic heterocycles. The molecule has 6 heteroatoms. The van der Waals surface area contributed by atoms with E-state index in [-0.39, 0.29) is 16.7 Å². The Morgan fingerprint density at radius 3 is 0.885 bits per heavy atom. The molecule has 0 aliphatic heterocycles. The molecule has 134 valence electrons. The smallest absolute Gasteiger partial charge is 0.399 e. The van der Waals surface area contributed by atoms with Crippen LogP contribution in [0, 0.1) is 0 Å². The van der Waals surface area contributed by atoms with Crippen LogP contribution < -0.4 is 17.2 Å². The van der Waals surface area contributed by atoms with Gasteiger partial charge in [0.25, 0.3) is 0 Å². The fourth-order valence-electron chi connectivity index (χ4n) is 3.19. The fraction of sp³-hybridized carbons (Fsp3) is 0.100. The Morgan fingerprint density at radius 2 is 0.692 bits per heavy atom. The van der Waals surface area contributed by atoms with Crippen LogP contribution >= 0.6 is 0 Å². The zero-order valence-corrected chi connectivity index (χ0v) is 13.8. The molecule has 3 rings (SSSR count). The zero-order chi connectivity index (χ0) is 18.9. The van der Waals surface area contributed by atoms with E-state index in [1.165, 1.54) is 72.8 Å². The second-order valence-electron chi connectivity index (χ2n) is 6.11. The lowest BCUT2D eigenvalue weighted by molar-refractivity contribution is -0.166. The summed E-state index contributed by atoms with van der Waals surface area (Å²) >= 11 is 0. The minimum absolute atomic E-state index is 0.0637. The lowest BCUT2D eigenvalue weighted by Gasteiger charge is -2.37. The van der Waals surface area contributed by atoms with Crippen LogP contribution in [-0.4, -0.2) is 6.18 Å². The highest BCUT2D eigenvalue weighted by Gasteiger charge is 2.58. The second kappa shape index (κ2) is 6.29. The molecule has 0 saturated heterocycles. The summed E-state index contributed by atoms with van der Waals surface area (Å²) in [4.78, 5) is 0. The Balaban J connectivity index is 2.40. The number of benzene rings is 3. The van der Waals surface area contributed by atoms with E-state index in [1.807, 2.05) is 0 Å². The van der Waals surface area contributed by atoms with E-state index in [0.717, 1.165) is 0 Å². The molecule has 0 bridgehead atoms. The van der Waals surface area contributed by atoms with Crippen LogP contribution in [0.15, 0.2) is 72.8 Å². The van der Waals surface area contributed by atoms with E-state index in [9.17, 15) is 13.2 Å². The minimum Gasteiger partial charge on any atom is -0.399 e. The minimum atomic E-state index is -4.62. The second-order valence-corrected chi connectivity index (χ2v) is 6.11. The van der Waals surface area contributed by atoms with Crippen LogP contribution in [0.25, 0.3) is 0 Å². The van der Waals surface area contributed by atoms with Crippen LogP contribution in [0.5, 0.6) is 0 Å². The Labute approximate surface area is 149 Å². The Kier molecular flexibility index (Phi) is 4.28. The highest BCUT2D eigenvalue weighted by Crippen LogP contribution is 2.51. The summed E-state index contributed by atoms with van der Waals surface area (Å²) in [5.41, 5.74) is 16.0. The molecule has 0 heterocycles. The highest BCUT2D eigenvalue weighted by molar-refractivity contribution is 5.57. The van der Waals surface area contributed by atoms with E-state index >= 15 is 0 Å². The molecule has 0 unspecified atom stereocenters. The molecule has 0 radical (unpaired) electrons. The maximum Gasteiger partial charge on any atom is 0.406 e. The third-order valence-electron chi connectivity index (χ3n) is 4.46. The predicted molar refractivity (Wildman–Crippen MR) is 98.5 cm³/mol. The number of halogens is 3. The van der Waals surface area contributed by atoms with Gasteiger partial charge < -0.3 is 17.2 Å². The Hall–Kier alpha value is -3.15. The van der Waals surface area contributed by atoms with Gasteiger partial charge in [-0.25, -0.2) is 0 Å². The number of alkyl halides is 3. The van der Waals surface area contributed by atoms with Crippen molar-refractivity contribution in [1.82, 2.24) is 0 Å². The number of hydrogen-bond acceptors (Lipinski definition) is 3. The number of rotatable bonds is 3. The highest BCUT2D eigenvalue weighted by atomic mass is 19.4. The fourth-order valence-corrected chi connectivity index (χ4v) is 3.19. The number of nitrogens with two attached hydrogens (primary N) is 3. The van der Waals surface area contributed by atoms with Crippen LogP contribution in [0.4, 0.5) is 30.2 Å². The summed E-state index contributed by atoms with van der Waals surface area (Å²) in [6.07, 6.45) is -4.62. The van der Waals surface area contributed by atoms with Gasteiger partial charge in [0.05, 0.1) is 0 Å². The van der Waals surface area contributed by atoms with E-state index in [0.29, 0.717) is 17.1 Å². The molecule has 0 spiro atoms. The van der Waals surface area contributed by atoms with Crippen molar-refractivity contribution in [1.29, 1.82) is 0 Å². The van der Waals surface area contributed by atoms with E-state index in [4.69, 9.17) is 17.2 Å². The summed E-state index contributed by atoms with van der Waals surface area (Å²) in [6, 6.07) is 17.2. The van der Waals surface area contributed by atoms with Gasteiger partial charge in [0.15, 0.2) is 0 Å². The third-order valence-corrected chi connectivity index (χ3v) is 4.46. The summed E-state index contributed by atoms with van der Waals surface area (Å²) in [6.45, 7) is 0. The molecule has 0 aliphatic carbocycles. The van der Waals surface area contributed by atoms with Gasteiger partial charge in [0.1, 0.15) is 5.41 Å². The molecule has 0 atom stereocenters. The number of nitrogen functional groups attached to an aromatic ring is 3. The predicted octanol–water partition coefficient (Wildman–Crippen LogP) is 4.33. The maximum atomic E-state index is 14.6. The normalized spacial score (nSPS) is 12.1. The molecule has 3 aromatic carbocycles. The van der Waals surface area contributed by atoms with Crippen molar-refractivity contribution in [3.05, 3.63) is 89.5 Å². The Morgan fingerprint density at radius 1 is 0.462 bits per heavy atom. The third kappa shape index (κ3) is 2.83. The maximum absolute atomic E-state index is 14.6. The van der Waals surface area contributed by atoms with E-state index in [2.05, 4.69) is 0 Å². The first-order valence-corrected chi connectivity index (χ1v) is 7.90. The van der Waals surface area contributed by atoms with Crippen molar-refractivity contribution in [2.75, 3.05) is 17.2 Å². The number of anilines is 3. The van der Waals surface area contributed by atoms with Crippen molar-refractivity contribution >= 4 is 17.1 Å². The van der Waals surface area contributed by atoms with Gasteiger partial charge >= 0.3 is 6.18 Å². The summed E-state index contributed by atoms with van der Waals surface area (Å²) in [5.74, 6) is 0.